The Morgan fingerprint density at radius 3 is 2.38 bits per heavy atom. The lowest BCUT2D eigenvalue weighted by Crippen LogP contribution is -2.26. The van der Waals surface area contributed by atoms with Crippen molar-refractivity contribution in [2.24, 2.45) is 5.73 Å². The van der Waals surface area contributed by atoms with Crippen molar-refractivity contribution in [3.8, 4) is 0 Å². The van der Waals surface area contributed by atoms with E-state index in [4.69, 9.17) is 5.73 Å². The molecule has 16 heavy (non-hydrogen) atoms. The molecule has 0 bridgehead atoms. The highest BCUT2D eigenvalue weighted by molar-refractivity contribution is 5.33. The highest BCUT2D eigenvalue weighted by Crippen LogP contribution is 2.39. The van der Waals surface area contributed by atoms with Crippen LogP contribution in [0, 0.1) is 5.82 Å². The maximum Gasteiger partial charge on any atom is 0.416 e. The molecule has 1 aromatic rings. The summed E-state index contributed by atoms with van der Waals surface area (Å²) in [4.78, 5) is 0. The maximum absolute atomic E-state index is 12.9. The molecule has 0 atom stereocenters. The second kappa shape index (κ2) is 3.45. The molecule has 0 aromatic heterocycles. The standard InChI is InChI=1S/C11H11F4N/c12-8-1-2-9(11(13,14)15)7(5-8)6-10(16)3-4-10/h1-2,5H,3-4,6,16H2. The van der Waals surface area contributed by atoms with Crippen LogP contribution >= 0.6 is 0 Å². The highest BCUT2D eigenvalue weighted by Gasteiger charge is 2.41. The first-order valence-corrected chi connectivity index (χ1v) is 4.95. The molecule has 2 rings (SSSR count). The van der Waals surface area contributed by atoms with Gasteiger partial charge in [0.1, 0.15) is 5.82 Å². The van der Waals surface area contributed by atoms with Crippen LogP contribution in [0.25, 0.3) is 0 Å². The van der Waals surface area contributed by atoms with Gasteiger partial charge in [-0.05, 0) is 43.0 Å². The van der Waals surface area contributed by atoms with Crippen molar-refractivity contribution in [1.29, 1.82) is 0 Å². The van der Waals surface area contributed by atoms with Gasteiger partial charge in [-0.2, -0.15) is 13.2 Å². The molecule has 1 saturated carbocycles. The first-order valence-electron chi connectivity index (χ1n) is 4.95. The second-order valence-corrected chi connectivity index (χ2v) is 4.34. The van der Waals surface area contributed by atoms with E-state index in [0.29, 0.717) is 12.8 Å². The summed E-state index contributed by atoms with van der Waals surface area (Å²) in [7, 11) is 0. The average Bonchev–Trinajstić information content (AvgIpc) is 2.80. The van der Waals surface area contributed by atoms with Crippen molar-refractivity contribution in [3.63, 3.8) is 0 Å². The monoisotopic (exact) mass is 233 g/mol. The van der Waals surface area contributed by atoms with Crippen molar-refractivity contribution < 1.29 is 17.6 Å². The van der Waals surface area contributed by atoms with Crippen LogP contribution in [0.1, 0.15) is 24.0 Å². The third kappa shape index (κ3) is 2.35. The fourth-order valence-electron chi connectivity index (χ4n) is 1.70. The molecule has 1 nitrogen and oxygen atoms in total. The number of nitrogens with two attached hydrogens (primary N) is 1. The van der Waals surface area contributed by atoms with Crippen LogP contribution in [0.4, 0.5) is 17.6 Å². The second-order valence-electron chi connectivity index (χ2n) is 4.34. The van der Waals surface area contributed by atoms with Gasteiger partial charge in [-0.3, -0.25) is 0 Å². The van der Waals surface area contributed by atoms with E-state index in [0.717, 1.165) is 18.2 Å². The Kier molecular flexibility index (Phi) is 2.45. The third-order valence-corrected chi connectivity index (χ3v) is 2.81. The normalized spacial score (nSPS) is 18.6. The average molecular weight is 233 g/mol. The molecule has 1 aliphatic carbocycles. The molecule has 0 saturated heterocycles. The zero-order valence-electron chi connectivity index (χ0n) is 8.44. The molecule has 1 aliphatic rings. The van der Waals surface area contributed by atoms with E-state index >= 15 is 0 Å². The van der Waals surface area contributed by atoms with Crippen molar-refractivity contribution in [2.75, 3.05) is 0 Å². The quantitative estimate of drug-likeness (QED) is 0.781. The maximum atomic E-state index is 12.9. The van der Waals surface area contributed by atoms with Gasteiger partial charge in [-0.25, -0.2) is 4.39 Å². The summed E-state index contributed by atoms with van der Waals surface area (Å²) >= 11 is 0. The number of halogens is 4. The molecule has 1 fully saturated rings. The largest absolute Gasteiger partial charge is 0.416 e. The minimum absolute atomic E-state index is 0.0486. The fourth-order valence-corrected chi connectivity index (χ4v) is 1.70. The van der Waals surface area contributed by atoms with E-state index in [-0.39, 0.29) is 12.0 Å². The Balaban J connectivity index is 2.36. The van der Waals surface area contributed by atoms with Gasteiger partial charge in [0.2, 0.25) is 0 Å². The lowest BCUT2D eigenvalue weighted by molar-refractivity contribution is -0.138. The number of hydrogen-bond acceptors (Lipinski definition) is 1. The summed E-state index contributed by atoms with van der Waals surface area (Å²) in [5.74, 6) is -0.660. The zero-order chi connectivity index (χ0) is 12.0. The van der Waals surface area contributed by atoms with Crippen molar-refractivity contribution in [2.45, 2.75) is 31.0 Å². The minimum atomic E-state index is -4.45. The summed E-state index contributed by atoms with van der Waals surface area (Å²) in [6.45, 7) is 0. The van der Waals surface area contributed by atoms with E-state index in [9.17, 15) is 17.6 Å². The van der Waals surface area contributed by atoms with Crippen LogP contribution in [0.3, 0.4) is 0 Å². The molecule has 0 unspecified atom stereocenters. The Morgan fingerprint density at radius 1 is 1.25 bits per heavy atom. The summed E-state index contributed by atoms with van der Waals surface area (Å²) < 4.78 is 50.8. The third-order valence-electron chi connectivity index (χ3n) is 2.81. The molecule has 0 aliphatic heterocycles. The predicted molar refractivity (Wildman–Crippen MR) is 51.3 cm³/mol. The Bertz CT molecular complexity index is 407. The van der Waals surface area contributed by atoms with Crippen LogP contribution < -0.4 is 5.73 Å². The van der Waals surface area contributed by atoms with Gasteiger partial charge >= 0.3 is 6.18 Å². The number of hydrogen-bond donors (Lipinski definition) is 1. The molecule has 2 N–H and O–H groups in total. The van der Waals surface area contributed by atoms with Crippen LogP contribution in [-0.4, -0.2) is 5.54 Å². The Hall–Kier alpha value is -1.10. The van der Waals surface area contributed by atoms with E-state index in [1.165, 1.54) is 0 Å². The van der Waals surface area contributed by atoms with Gasteiger partial charge in [0.05, 0.1) is 5.56 Å². The summed E-state index contributed by atoms with van der Waals surface area (Å²) in [5.41, 5.74) is 4.35. The Morgan fingerprint density at radius 2 is 1.88 bits per heavy atom. The molecule has 0 amide bonds. The predicted octanol–water partition coefficient (Wildman–Crippen LogP) is 2.88. The van der Waals surface area contributed by atoms with Gasteiger partial charge in [-0.15, -0.1) is 0 Å². The van der Waals surface area contributed by atoms with E-state index in [1.54, 1.807) is 0 Å². The van der Waals surface area contributed by atoms with E-state index < -0.39 is 23.1 Å². The minimum Gasteiger partial charge on any atom is -0.325 e. The molecule has 0 spiro atoms. The van der Waals surface area contributed by atoms with E-state index in [1.807, 2.05) is 0 Å². The smallest absolute Gasteiger partial charge is 0.325 e. The SMILES string of the molecule is NC1(Cc2cc(F)ccc2C(F)(F)F)CC1. The first kappa shape index (κ1) is 11.4. The topological polar surface area (TPSA) is 26.0 Å². The highest BCUT2D eigenvalue weighted by atomic mass is 19.4. The fraction of sp³-hybridized carbons (Fsp3) is 0.455. The summed E-state index contributed by atoms with van der Waals surface area (Å²) in [5, 5.41) is 0. The van der Waals surface area contributed by atoms with Crippen molar-refractivity contribution >= 4 is 0 Å². The van der Waals surface area contributed by atoms with Crippen LogP contribution in [-0.2, 0) is 12.6 Å². The summed E-state index contributed by atoms with van der Waals surface area (Å²) in [6.07, 6.45) is -2.98. The lowest BCUT2D eigenvalue weighted by atomic mass is 9.99. The molecule has 0 radical (unpaired) electrons. The molecule has 1 aromatic carbocycles. The van der Waals surface area contributed by atoms with Gasteiger partial charge in [0.25, 0.3) is 0 Å². The van der Waals surface area contributed by atoms with Gasteiger partial charge < -0.3 is 5.73 Å². The zero-order valence-corrected chi connectivity index (χ0v) is 8.44. The van der Waals surface area contributed by atoms with E-state index in [2.05, 4.69) is 0 Å². The first-order chi connectivity index (χ1) is 7.30. The van der Waals surface area contributed by atoms with Crippen LogP contribution in [0.15, 0.2) is 18.2 Å². The molecular formula is C11H11F4N. The van der Waals surface area contributed by atoms with Crippen LogP contribution in [0.2, 0.25) is 0 Å². The van der Waals surface area contributed by atoms with Gasteiger partial charge in [0.15, 0.2) is 0 Å². The number of alkyl halides is 3. The van der Waals surface area contributed by atoms with Crippen molar-refractivity contribution in [3.05, 3.63) is 35.1 Å². The Labute approximate surface area is 90.3 Å². The molecular weight excluding hydrogens is 222 g/mol. The van der Waals surface area contributed by atoms with Crippen molar-refractivity contribution in [1.82, 2.24) is 0 Å². The lowest BCUT2D eigenvalue weighted by Gasteiger charge is -2.15. The van der Waals surface area contributed by atoms with Crippen LogP contribution in [0.5, 0.6) is 0 Å². The van der Waals surface area contributed by atoms with Gasteiger partial charge in [-0.1, -0.05) is 0 Å². The molecule has 88 valence electrons. The molecule has 0 heterocycles. The number of rotatable bonds is 2. The molecule has 5 heteroatoms. The summed E-state index contributed by atoms with van der Waals surface area (Å²) in [6, 6.07) is 2.52. The van der Waals surface area contributed by atoms with Gasteiger partial charge in [0, 0.05) is 5.54 Å². The number of benzene rings is 1.